The Labute approximate surface area is 168 Å². The number of hydrogen-bond donors (Lipinski definition) is 1. The van der Waals surface area contributed by atoms with Gasteiger partial charge in [0.15, 0.2) is 5.82 Å². The molecule has 0 aliphatic carbocycles. The van der Waals surface area contributed by atoms with E-state index in [0.29, 0.717) is 39.5 Å². The molecule has 1 N–H and O–H groups in total. The van der Waals surface area contributed by atoms with Gasteiger partial charge in [0.1, 0.15) is 17.3 Å². The minimum atomic E-state index is -4.78. The number of aromatic nitrogens is 4. The molecule has 2 heterocycles. The summed E-state index contributed by atoms with van der Waals surface area (Å²) in [6.07, 6.45) is -1.75. The SMILES string of the molecule is COc1ccc2nc(-c3ccnnc3)nc(Nc3cccc(OC(F)(F)F)c3)c2c1. The number of halogens is 3. The van der Waals surface area contributed by atoms with Gasteiger partial charge in [0.25, 0.3) is 0 Å². The van der Waals surface area contributed by atoms with E-state index < -0.39 is 6.36 Å². The molecule has 0 radical (unpaired) electrons. The third-order valence-corrected chi connectivity index (χ3v) is 4.08. The highest BCUT2D eigenvalue weighted by Crippen LogP contribution is 2.31. The van der Waals surface area contributed by atoms with Crippen molar-refractivity contribution in [1.82, 2.24) is 20.2 Å². The van der Waals surface area contributed by atoms with Crippen LogP contribution in [0.4, 0.5) is 24.7 Å². The average Bonchev–Trinajstić information content (AvgIpc) is 2.73. The summed E-state index contributed by atoms with van der Waals surface area (Å²) >= 11 is 0. The van der Waals surface area contributed by atoms with Crippen LogP contribution in [0, 0.1) is 0 Å². The van der Waals surface area contributed by atoms with Crippen LogP contribution in [0.2, 0.25) is 0 Å². The molecule has 4 rings (SSSR count). The molecule has 0 bridgehead atoms. The maximum absolute atomic E-state index is 12.5. The van der Waals surface area contributed by atoms with Gasteiger partial charge in [0.2, 0.25) is 0 Å². The lowest BCUT2D eigenvalue weighted by molar-refractivity contribution is -0.274. The Morgan fingerprint density at radius 2 is 1.80 bits per heavy atom. The Balaban J connectivity index is 1.79. The molecule has 0 aliphatic heterocycles. The number of fused-ring (bicyclic) bond motifs is 1. The van der Waals surface area contributed by atoms with Crippen LogP contribution in [0.15, 0.2) is 60.9 Å². The zero-order valence-corrected chi connectivity index (χ0v) is 15.5. The van der Waals surface area contributed by atoms with Crippen molar-refractivity contribution in [1.29, 1.82) is 0 Å². The van der Waals surface area contributed by atoms with Gasteiger partial charge in [-0.25, -0.2) is 9.97 Å². The first-order valence-corrected chi connectivity index (χ1v) is 8.67. The van der Waals surface area contributed by atoms with Crippen molar-refractivity contribution >= 4 is 22.4 Å². The van der Waals surface area contributed by atoms with Gasteiger partial charge in [0.05, 0.1) is 25.0 Å². The molecular formula is C20H14F3N5O2. The molecular weight excluding hydrogens is 399 g/mol. The van der Waals surface area contributed by atoms with Gasteiger partial charge in [-0.1, -0.05) is 6.07 Å². The zero-order valence-electron chi connectivity index (χ0n) is 15.5. The summed E-state index contributed by atoms with van der Waals surface area (Å²) in [5.41, 5.74) is 1.61. The number of benzene rings is 2. The molecule has 0 atom stereocenters. The van der Waals surface area contributed by atoms with Gasteiger partial charge < -0.3 is 14.8 Å². The summed E-state index contributed by atoms with van der Waals surface area (Å²) in [4.78, 5) is 9.08. The van der Waals surface area contributed by atoms with E-state index in [1.165, 1.54) is 37.7 Å². The maximum atomic E-state index is 12.5. The molecule has 4 aromatic rings. The molecule has 0 amide bonds. The molecule has 10 heteroatoms. The highest BCUT2D eigenvalue weighted by atomic mass is 19.4. The fraction of sp³-hybridized carbons (Fsp3) is 0.100. The molecule has 2 aromatic heterocycles. The number of hydrogen-bond acceptors (Lipinski definition) is 7. The van der Waals surface area contributed by atoms with E-state index in [0.717, 1.165) is 0 Å². The second-order valence-corrected chi connectivity index (χ2v) is 6.11. The van der Waals surface area contributed by atoms with Crippen LogP contribution in [0.3, 0.4) is 0 Å². The van der Waals surface area contributed by atoms with E-state index in [-0.39, 0.29) is 5.75 Å². The Kier molecular flexibility index (Phi) is 5.05. The van der Waals surface area contributed by atoms with Crippen molar-refractivity contribution in [2.45, 2.75) is 6.36 Å². The predicted molar refractivity (Wildman–Crippen MR) is 104 cm³/mol. The van der Waals surface area contributed by atoms with Crippen LogP contribution in [0.1, 0.15) is 0 Å². The first-order valence-electron chi connectivity index (χ1n) is 8.67. The fourth-order valence-corrected chi connectivity index (χ4v) is 2.79. The van der Waals surface area contributed by atoms with Crippen LogP contribution >= 0.6 is 0 Å². The van der Waals surface area contributed by atoms with Gasteiger partial charge in [-0.15, -0.1) is 13.2 Å². The second kappa shape index (κ2) is 7.82. The highest BCUT2D eigenvalue weighted by molar-refractivity contribution is 5.93. The van der Waals surface area contributed by atoms with E-state index in [9.17, 15) is 13.2 Å². The summed E-state index contributed by atoms with van der Waals surface area (Å²) < 4.78 is 46.9. The number of anilines is 2. The van der Waals surface area contributed by atoms with Crippen molar-refractivity contribution in [2.24, 2.45) is 0 Å². The van der Waals surface area contributed by atoms with Crippen LogP contribution < -0.4 is 14.8 Å². The highest BCUT2D eigenvalue weighted by Gasteiger charge is 2.31. The lowest BCUT2D eigenvalue weighted by atomic mass is 10.2. The molecule has 0 saturated heterocycles. The van der Waals surface area contributed by atoms with Gasteiger partial charge in [-0.3, -0.25) is 0 Å². The number of nitrogens with zero attached hydrogens (tertiary/aromatic N) is 4. The summed E-state index contributed by atoms with van der Waals surface area (Å²) in [6, 6.07) is 12.5. The van der Waals surface area contributed by atoms with Crippen LogP contribution in [0.5, 0.6) is 11.5 Å². The normalized spacial score (nSPS) is 11.3. The summed E-state index contributed by atoms with van der Waals surface area (Å²) in [5.74, 6) is 1.01. The lowest BCUT2D eigenvalue weighted by Gasteiger charge is -2.13. The molecule has 2 aromatic carbocycles. The average molecular weight is 413 g/mol. The van der Waals surface area contributed by atoms with E-state index in [1.807, 2.05) is 0 Å². The zero-order chi connectivity index (χ0) is 21.1. The van der Waals surface area contributed by atoms with Crippen molar-refractivity contribution in [2.75, 3.05) is 12.4 Å². The topological polar surface area (TPSA) is 82.1 Å². The molecule has 30 heavy (non-hydrogen) atoms. The van der Waals surface area contributed by atoms with E-state index in [1.54, 1.807) is 30.3 Å². The first kappa shape index (κ1) is 19.4. The number of ether oxygens (including phenoxy) is 2. The Hall–Kier alpha value is -3.95. The summed E-state index contributed by atoms with van der Waals surface area (Å²) in [6.45, 7) is 0. The van der Waals surface area contributed by atoms with E-state index in [4.69, 9.17) is 4.74 Å². The largest absolute Gasteiger partial charge is 0.573 e. The molecule has 0 fully saturated rings. The lowest BCUT2D eigenvalue weighted by Crippen LogP contribution is -2.17. The molecule has 0 spiro atoms. The summed E-state index contributed by atoms with van der Waals surface area (Å²) in [5, 5.41) is 11.2. The Morgan fingerprint density at radius 3 is 2.53 bits per heavy atom. The van der Waals surface area contributed by atoms with Crippen molar-refractivity contribution in [3.8, 4) is 22.9 Å². The fourth-order valence-electron chi connectivity index (χ4n) is 2.79. The number of nitrogens with one attached hydrogen (secondary N) is 1. The third kappa shape index (κ3) is 4.37. The van der Waals surface area contributed by atoms with Gasteiger partial charge in [-0.2, -0.15) is 10.2 Å². The third-order valence-electron chi connectivity index (χ3n) is 4.08. The van der Waals surface area contributed by atoms with Gasteiger partial charge in [0, 0.05) is 22.7 Å². The first-order chi connectivity index (χ1) is 14.4. The quantitative estimate of drug-likeness (QED) is 0.506. The number of methoxy groups -OCH3 is 1. The molecule has 0 unspecified atom stereocenters. The maximum Gasteiger partial charge on any atom is 0.573 e. The second-order valence-electron chi connectivity index (χ2n) is 6.11. The molecule has 152 valence electrons. The van der Waals surface area contributed by atoms with Crippen LogP contribution in [-0.4, -0.2) is 33.6 Å². The summed E-state index contributed by atoms with van der Waals surface area (Å²) in [7, 11) is 1.53. The number of rotatable bonds is 5. The smallest absolute Gasteiger partial charge is 0.497 e. The molecule has 0 saturated carbocycles. The Morgan fingerprint density at radius 1 is 0.933 bits per heavy atom. The van der Waals surface area contributed by atoms with Crippen LogP contribution in [-0.2, 0) is 0 Å². The minimum absolute atomic E-state index is 0.345. The van der Waals surface area contributed by atoms with Crippen molar-refractivity contribution in [3.05, 3.63) is 60.9 Å². The minimum Gasteiger partial charge on any atom is -0.497 e. The monoisotopic (exact) mass is 413 g/mol. The standard InChI is InChI=1S/C20H14F3N5O2/c1-29-14-5-6-17-16(10-14)19(28-18(27-17)12-7-8-24-25-11-12)26-13-3-2-4-15(9-13)30-20(21,22)23/h2-11H,1H3,(H,26,27,28). The van der Waals surface area contributed by atoms with Gasteiger partial charge in [-0.05, 0) is 36.4 Å². The van der Waals surface area contributed by atoms with E-state index >= 15 is 0 Å². The van der Waals surface area contributed by atoms with Crippen molar-refractivity contribution in [3.63, 3.8) is 0 Å². The van der Waals surface area contributed by atoms with Crippen LogP contribution in [0.25, 0.3) is 22.3 Å². The number of alkyl halides is 3. The predicted octanol–water partition coefficient (Wildman–Crippen LogP) is 4.74. The Bertz CT molecular complexity index is 1190. The molecule has 0 aliphatic rings. The van der Waals surface area contributed by atoms with Crippen molar-refractivity contribution < 1.29 is 22.6 Å². The molecule has 7 nitrogen and oxygen atoms in total. The van der Waals surface area contributed by atoms with E-state index in [2.05, 4.69) is 30.2 Å². The van der Waals surface area contributed by atoms with Gasteiger partial charge >= 0.3 is 6.36 Å².